The van der Waals surface area contributed by atoms with Crippen molar-refractivity contribution in [1.82, 2.24) is 5.32 Å². The maximum Gasteiger partial charge on any atom is 0.417 e. The number of rotatable bonds is 6. The Morgan fingerprint density at radius 3 is 2.10 bits per heavy atom. The van der Waals surface area contributed by atoms with Crippen LogP contribution in [0.15, 0.2) is 48.5 Å². The van der Waals surface area contributed by atoms with Crippen LogP contribution in [0.1, 0.15) is 47.3 Å². The van der Waals surface area contributed by atoms with E-state index in [1.807, 2.05) is 6.92 Å². The van der Waals surface area contributed by atoms with Crippen molar-refractivity contribution in [2.24, 2.45) is 5.92 Å². The van der Waals surface area contributed by atoms with Crippen LogP contribution in [-0.2, 0) is 4.79 Å². The first kappa shape index (κ1) is 22.4. The molecule has 8 heteroatoms. The maximum atomic E-state index is 13.6. The number of amides is 1. The second-order valence-corrected chi connectivity index (χ2v) is 8.08. The van der Waals surface area contributed by atoms with Crippen LogP contribution >= 0.6 is 23.2 Å². The molecule has 0 bridgehead atoms. The summed E-state index contributed by atoms with van der Waals surface area (Å²) in [6, 6.07) is 9.35. The zero-order valence-electron chi connectivity index (χ0n) is 15.9. The summed E-state index contributed by atoms with van der Waals surface area (Å²) in [4.78, 5) is 24.4. The highest BCUT2D eigenvalue weighted by Gasteiger charge is 2.36. The highest BCUT2D eigenvalue weighted by Crippen LogP contribution is 2.36. The summed E-state index contributed by atoms with van der Waals surface area (Å²) in [7, 11) is 0. The molecular formula is C22H18Cl2F3NO2. The summed E-state index contributed by atoms with van der Waals surface area (Å²) < 4.78 is 40.7. The molecule has 0 radical (unpaired) electrons. The first-order chi connectivity index (χ1) is 14.0. The predicted octanol–water partition coefficient (Wildman–Crippen LogP) is 6.41. The Balaban J connectivity index is 1.82. The molecule has 1 atom stereocenters. The molecule has 0 spiro atoms. The average Bonchev–Trinajstić information content (AvgIpc) is 3.49. The lowest BCUT2D eigenvalue weighted by atomic mass is 9.99. The Labute approximate surface area is 181 Å². The number of hydrogen-bond acceptors (Lipinski definition) is 2. The minimum absolute atomic E-state index is 0.0133. The molecule has 1 saturated carbocycles. The monoisotopic (exact) mass is 455 g/mol. The van der Waals surface area contributed by atoms with Gasteiger partial charge in [-0.3, -0.25) is 9.59 Å². The molecule has 2 aromatic carbocycles. The van der Waals surface area contributed by atoms with Crippen LogP contribution in [-0.4, -0.2) is 17.9 Å². The summed E-state index contributed by atoms with van der Waals surface area (Å²) in [6.07, 6.45) is -2.46. The predicted molar refractivity (Wildman–Crippen MR) is 111 cm³/mol. The van der Waals surface area contributed by atoms with Crippen molar-refractivity contribution in [3.63, 3.8) is 0 Å². The summed E-state index contributed by atoms with van der Waals surface area (Å²) in [5.74, 6) is -0.751. The van der Waals surface area contributed by atoms with Crippen molar-refractivity contribution in [3.8, 4) is 0 Å². The quantitative estimate of drug-likeness (QED) is 0.404. The minimum atomic E-state index is -4.77. The van der Waals surface area contributed by atoms with Crippen molar-refractivity contribution in [3.05, 3.63) is 75.3 Å². The fraction of sp³-hybridized carbons (Fsp3) is 0.273. The fourth-order valence-corrected chi connectivity index (χ4v) is 3.47. The van der Waals surface area contributed by atoms with E-state index in [0.29, 0.717) is 6.08 Å². The van der Waals surface area contributed by atoms with E-state index in [1.54, 1.807) is 12.1 Å². The van der Waals surface area contributed by atoms with Crippen LogP contribution in [0.3, 0.4) is 0 Å². The molecule has 0 saturated heterocycles. The third-order valence-electron chi connectivity index (χ3n) is 4.76. The van der Waals surface area contributed by atoms with Crippen molar-refractivity contribution in [1.29, 1.82) is 0 Å². The minimum Gasteiger partial charge on any atom is -0.349 e. The third kappa shape index (κ3) is 5.64. The molecule has 1 unspecified atom stereocenters. The fourth-order valence-electron chi connectivity index (χ4n) is 2.95. The van der Waals surface area contributed by atoms with Crippen LogP contribution in [0.2, 0.25) is 10.0 Å². The number of ketones is 1. The first-order valence-electron chi connectivity index (χ1n) is 9.24. The Kier molecular flexibility index (Phi) is 6.58. The molecule has 0 aliphatic heterocycles. The molecule has 1 aliphatic carbocycles. The second kappa shape index (κ2) is 8.82. The largest absolute Gasteiger partial charge is 0.417 e. The number of hydrogen-bond donors (Lipinski definition) is 1. The Morgan fingerprint density at radius 2 is 1.60 bits per heavy atom. The molecule has 1 N–H and O–H groups in total. The smallest absolute Gasteiger partial charge is 0.349 e. The number of carbonyl (C=O) groups is 2. The van der Waals surface area contributed by atoms with Crippen LogP contribution in [0.5, 0.6) is 0 Å². The molecule has 3 rings (SSSR count). The number of alkyl halides is 3. The number of benzene rings is 2. The van der Waals surface area contributed by atoms with Gasteiger partial charge in [-0.15, -0.1) is 0 Å². The lowest BCUT2D eigenvalue weighted by molar-refractivity contribution is -0.122. The van der Waals surface area contributed by atoms with Crippen molar-refractivity contribution < 1.29 is 22.8 Å². The first-order valence-corrected chi connectivity index (χ1v) is 10.00. The number of allylic oxidation sites excluding steroid dienone is 2. The molecule has 0 aromatic heterocycles. The van der Waals surface area contributed by atoms with Gasteiger partial charge in [0.25, 0.3) is 0 Å². The van der Waals surface area contributed by atoms with Gasteiger partial charge in [0.1, 0.15) is 0 Å². The molecule has 1 amide bonds. The van der Waals surface area contributed by atoms with Crippen molar-refractivity contribution in [2.45, 2.75) is 32.0 Å². The van der Waals surface area contributed by atoms with Gasteiger partial charge in [0, 0.05) is 21.5 Å². The highest BCUT2D eigenvalue weighted by molar-refractivity contribution is 6.35. The van der Waals surface area contributed by atoms with Gasteiger partial charge in [-0.1, -0.05) is 47.5 Å². The van der Waals surface area contributed by atoms with E-state index in [9.17, 15) is 22.8 Å². The number of halogens is 5. The van der Waals surface area contributed by atoms with Crippen LogP contribution in [0.4, 0.5) is 13.2 Å². The van der Waals surface area contributed by atoms with E-state index in [4.69, 9.17) is 23.2 Å². The highest BCUT2D eigenvalue weighted by atomic mass is 35.5. The molecule has 0 heterocycles. The number of nitrogens with one attached hydrogen (secondary N) is 1. The summed E-state index contributed by atoms with van der Waals surface area (Å²) in [5.41, 5.74) is -0.580. The Hall–Kier alpha value is -2.31. The second-order valence-electron chi connectivity index (χ2n) is 7.20. The normalized spacial score (nSPS) is 15.6. The topological polar surface area (TPSA) is 46.2 Å². The van der Waals surface area contributed by atoms with Gasteiger partial charge >= 0.3 is 6.18 Å². The maximum absolute atomic E-state index is 13.6. The van der Waals surface area contributed by atoms with Crippen LogP contribution in [0.25, 0.3) is 5.57 Å². The molecule has 158 valence electrons. The zero-order chi connectivity index (χ0) is 22.1. The average molecular weight is 456 g/mol. The van der Waals surface area contributed by atoms with Crippen molar-refractivity contribution >= 4 is 40.5 Å². The van der Waals surface area contributed by atoms with Crippen molar-refractivity contribution in [2.75, 3.05) is 0 Å². The van der Waals surface area contributed by atoms with Gasteiger partial charge in [-0.05, 0) is 55.2 Å². The van der Waals surface area contributed by atoms with Crippen LogP contribution in [0, 0.1) is 5.92 Å². The van der Waals surface area contributed by atoms with E-state index in [1.165, 1.54) is 18.2 Å². The summed E-state index contributed by atoms with van der Waals surface area (Å²) in [6.45, 7) is 1.81. The third-order valence-corrected chi connectivity index (χ3v) is 5.19. The van der Waals surface area contributed by atoms with Gasteiger partial charge in [-0.2, -0.15) is 13.2 Å². The lowest BCUT2D eigenvalue weighted by Gasteiger charge is -2.15. The van der Waals surface area contributed by atoms with Crippen LogP contribution < -0.4 is 5.32 Å². The van der Waals surface area contributed by atoms with Gasteiger partial charge in [0.2, 0.25) is 5.91 Å². The molecule has 1 aliphatic rings. The van der Waals surface area contributed by atoms with E-state index >= 15 is 0 Å². The van der Waals surface area contributed by atoms with E-state index in [-0.39, 0.29) is 39.0 Å². The van der Waals surface area contributed by atoms with E-state index < -0.39 is 17.5 Å². The Morgan fingerprint density at radius 1 is 1.03 bits per heavy atom. The SMILES string of the molecule is CC(NC(=O)C1CC1)c1ccc(C(=O)C=C(c2cc(Cl)cc(Cl)c2)C(F)(F)F)cc1. The standard InChI is InChI=1S/C22H18Cl2F3NO2/c1-12(28-21(30)15-6-7-15)13-2-4-14(5-3-13)20(29)11-19(22(25,26)27)16-8-17(23)10-18(24)9-16/h2-5,8-12,15H,6-7H2,1H3,(H,28,30). The van der Waals surface area contributed by atoms with Gasteiger partial charge < -0.3 is 5.32 Å². The number of carbonyl (C=O) groups excluding carboxylic acids is 2. The van der Waals surface area contributed by atoms with Gasteiger partial charge in [0.15, 0.2) is 5.78 Å². The van der Waals surface area contributed by atoms with Gasteiger partial charge in [0.05, 0.1) is 11.6 Å². The van der Waals surface area contributed by atoms with E-state index in [2.05, 4.69) is 5.32 Å². The summed E-state index contributed by atoms with van der Waals surface area (Å²) >= 11 is 11.6. The summed E-state index contributed by atoms with van der Waals surface area (Å²) in [5, 5.41) is 2.95. The lowest BCUT2D eigenvalue weighted by Crippen LogP contribution is -2.27. The van der Waals surface area contributed by atoms with Gasteiger partial charge in [-0.25, -0.2) is 0 Å². The van der Waals surface area contributed by atoms with E-state index in [0.717, 1.165) is 30.5 Å². The molecule has 1 fully saturated rings. The molecule has 30 heavy (non-hydrogen) atoms. The Bertz CT molecular complexity index is 976. The molecule has 3 nitrogen and oxygen atoms in total. The zero-order valence-corrected chi connectivity index (χ0v) is 17.4. The molecule has 2 aromatic rings. The molecular weight excluding hydrogens is 438 g/mol.